The quantitative estimate of drug-likeness (QED) is 0.641. The van der Waals surface area contributed by atoms with E-state index in [2.05, 4.69) is 44.4 Å². The number of anilines is 1. The van der Waals surface area contributed by atoms with Crippen molar-refractivity contribution in [2.75, 3.05) is 18.4 Å². The summed E-state index contributed by atoms with van der Waals surface area (Å²) < 4.78 is 0.924. The zero-order valence-corrected chi connectivity index (χ0v) is 17.0. The molecular weight excluding hydrogens is 418 g/mol. The first-order valence-corrected chi connectivity index (χ1v) is 10.2. The number of halogens is 1. The van der Waals surface area contributed by atoms with Gasteiger partial charge in [-0.15, -0.1) is 0 Å². The van der Waals surface area contributed by atoms with Gasteiger partial charge in [0.25, 0.3) is 5.91 Å². The number of hydrogen-bond acceptors (Lipinski definition) is 4. The normalized spacial score (nSPS) is 16.1. The summed E-state index contributed by atoms with van der Waals surface area (Å²) in [5.41, 5.74) is 1.71. The first kappa shape index (κ1) is 18.9. The van der Waals surface area contributed by atoms with E-state index in [1.807, 2.05) is 24.4 Å². The van der Waals surface area contributed by atoms with Crippen LogP contribution in [0.2, 0.25) is 0 Å². The van der Waals surface area contributed by atoms with Crippen molar-refractivity contribution in [3.63, 3.8) is 0 Å². The Balaban J connectivity index is 1.34. The molecule has 1 atom stereocenters. The van der Waals surface area contributed by atoms with E-state index in [0.717, 1.165) is 33.8 Å². The first-order chi connectivity index (χ1) is 13.6. The second-order valence-electron chi connectivity index (χ2n) is 7.14. The number of aliphatic hydroxyl groups excluding tert-OH is 1. The Hall–Kier alpha value is -2.44. The predicted octanol–water partition coefficient (Wildman–Crippen LogP) is 4.13. The van der Waals surface area contributed by atoms with E-state index in [0.29, 0.717) is 24.7 Å². The number of carbonyl (C=O) groups is 1. The minimum absolute atomic E-state index is 0.223. The van der Waals surface area contributed by atoms with E-state index in [1.54, 1.807) is 23.2 Å². The minimum atomic E-state index is -1.10. The van der Waals surface area contributed by atoms with Gasteiger partial charge in [0.05, 0.1) is 0 Å². The molecule has 1 amide bonds. The molecule has 2 heterocycles. The van der Waals surface area contributed by atoms with E-state index < -0.39 is 6.10 Å². The Morgan fingerprint density at radius 1 is 1.11 bits per heavy atom. The number of aliphatic hydroxyl groups is 1. The molecule has 3 aromatic rings. The predicted molar refractivity (Wildman–Crippen MR) is 114 cm³/mol. The monoisotopic (exact) mass is 439 g/mol. The summed E-state index contributed by atoms with van der Waals surface area (Å²) >= 11 is 3.37. The van der Waals surface area contributed by atoms with Crippen molar-refractivity contribution in [2.24, 2.45) is 0 Å². The van der Waals surface area contributed by atoms with Crippen molar-refractivity contribution >= 4 is 38.3 Å². The van der Waals surface area contributed by atoms with Crippen LogP contribution < -0.4 is 5.32 Å². The highest BCUT2D eigenvalue weighted by molar-refractivity contribution is 9.10. The molecule has 1 fully saturated rings. The lowest BCUT2D eigenvalue weighted by Gasteiger charge is -2.34. The van der Waals surface area contributed by atoms with Crippen LogP contribution in [0.5, 0.6) is 0 Å². The Morgan fingerprint density at radius 3 is 2.61 bits per heavy atom. The largest absolute Gasteiger partial charge is 0.382 e. The van der Waals surface area contributed by atoms with Crippen molar-refractivity contribution in [3.05, 3.63) is 71.0 Å². The number of nitrogens with one attached hydrogen (secondary N) is 1. The third kappa shape index (κ3) is 4.18. The summed E-state index contributed by atoms with van der Waals surface area (Å²) in [5.74, 6) is -0.223. The van der Waals surface area contributed by atoms with Crippen LogP contribution in [0.1, 0.15) is 24.5 Å². The number of aromatic nitrogens is 1. The molecule has 4 rings (SSSR count). The fourth-order valence-corrected chi connectivity index (χ4v) is 3.88. The van der Waals surface area contributed by atoms with Crippen LogP contribution in [0.25, 0.3) is 10.8 Å². The first-order valence-electron chi connectivity index (χ1n) is 9.43. The topological polar surface area (TPSA) is 65.5 Å². The minimum Gasteiger partial charge on any atom is -0.382 e. The van der Waals surface area contributed by atoms with Crippen molar-refractivity contribution in [1.29, 1.82) is 0 Å². The molecular formula is C22H22BrN3O2. The highest BCUT2D eigenvalue weighted by atomic mass is 79.9. The SMILES string of the molecule is O=C(C(O)c1ccc(Br)cc1)N1CCC(Nc2ccc3cnccc3c2)CC1. The van der Waals surface area contributed by atoms with Crippen molar-refractivity contribution in [3.8, 4) is 0 Å². The number of likely N-dealkylation sites (tertiary alicyclic amines) is 1. The third-order valence-electron chi connectivity index (χ3n) is 5.24. The molecule has 0 bridgehead atoms. The van der Waals surface area contributed by atoms with Gasteiger partial charge >= 0.3 is 0 Å². The number of pyridine rings is 1. The maximum absolute atomic E-state index is 12.6. The molecule has 1 saturated heterocycles. The van der Waals surface area contributed by atoms with Crippen LogP contribution in [-0.2, 0) is 4.79 Å². The Kier molecular flexibility index (Phi) is 5.59. The smallest absolute Gasteiger partial charge is 0.256 e. The summed E-state index contributed by atoms with van der Waals surface area (Å²) in [4.78, 5) is 18.5. The van der Waals surface area contributed by atoms with Gasteiger partial charge in [-0.1, -0.05) is 34.1 Å². The maximum Gasteiger partial charge on any atom is 0.256 e. The van der Waals surface area contributed by atoms with Gasteiger partial charge in [-0.2, -0.15) is 0 Å². The Bertz CT molecular complexity index is 969. The van der Waals surface area contributed by atoms with Crippen LogP contribution in [0.4, 0.5) is 5.69 Å². The maximum atomic E-state index is 12.6. The Morgan fingerprint density at radius 2 is 1.86 bits per heavy atom. The molecule has 0 radical (unpaired) electrons. The Labute approximate surface area is 172 Å². The third-order valence-corrected chi connectivity index (χ3v) is 5.77. The number of fused-ring (bicyclic) bond motifs is 1. The van der Waals surface area contributed by atoms with Crippen LogP contribution >= 0.6 is 15.9 Å². The lowest BCUT2D eigenvalue weighted by Crippen LogP contribution is -2.44. The molecule has 2 N–H and O–H groups in total. The average Bonchev–Trinajstić information content (AvgIpc) is 2.74. The molecule has 0 aliphatic carbocycles. The molecule has 5 nitrogen and oxygen atoms in total. The van der Waals surface area contributed by atoms with Crippen LogP contribution in [-0.4, -0.2) is 40.0 Å². The van der Waals surface area contributed by atoms with Gasteiger partial charge in [-0.3, -0.25) is 9.78 Å². The van der Waals surface area contributed by atoms with Gasteiger partial charge in [0, 0.05) is 47.1 Å². The lowest BCUT2D eigenvalue weighted by molar-refractivity contribution is -0.141. The molecule has 144 valence electrons. The fraction of sp³-hybridized carbons (Fsp3) is 0.273. The zero-order valence-electron chi connectivity index (χ0n) is 15.4. The number of amides is 1. The summed E-state index contributed by atoms with van der Waals surface area (Å²) in [5, 5.41) is 16.3. The number of carbonyl (C=O) groups excluding carboxylic acids is 1. The van der Waals surface area contributed by atoms with E-state index in [9.17, 15) is 9.90 Å². The molecule has 0 spiro atoms. The summed E-state index contributed by atoms with van der Waals surface area (Å²) in [6, 6.07) is 15.8. The van der Waals surface area contributed by atoms with Crippen molar-refractivity contribution in [1.82, 2.24) is 9.88 Å². The van der Waals surface area contributed by atoms with Gasteiger partial charge in [0.2, 0.25) is 0 Å². The summed E-state index contributed by atoms with van der Waals surface area (Å²) in [6.45, 7) is 1.28. The highest BCUT2D eigenvalue weighted by Crippen LogP contribution is 2.24. The second-order valence-corrected chi connectivity index (χ2v) is 8.05. The summed E-state index contributed by atoms with van der Waals surface area (Å²) in [7, 11) is 0. The highest BCUT2D eigenvalue weighted by Gasteiger charge is 2.28. The van der Waals surface area contributed by atoms with E-state index in [4.69, 9.17) is 0 Å². The van der Waals surface area contributed by atoms with Gasteiger partial charge in [-0.25, -0.2) is 0 Å². The number of hydrogen-bond donors (Lipinski definition) is 2. The molecule has 1 aliphatic rings. The lowest BCUT2D eigenvalue weighted by atomic mass is 10.0. The fourth-order valence-electron chi connectivity index (χ4n) is 3.61. The van der Waals surface area contributed by atoms with Gasteiger partial charge in [0.1, 0.15) is 0 Å². The van der Waals surface area contributed by atoms with Crippen molar-refractivity contribution in [2.45, 2.75) is 25.0 Å². The van der Waals surface area contributed by atoms with Crippen LogP contribution in [0.3, 0.4) is 0 Å². The van der Waals surface area contributed by atoms with Gasteiger partial charge in [-0.05, 0) is 54.1 Å². The molecule has 1 aliphatic heterocycles. The molecule has 2 aromatic carbocycles. The molecule has 28 heavy (non-hydrogen) atoms. The van der Waals surface area contributed by atoms with E-state index >= 15 is 0 Å². The van der Waals surface area contributed by atoms with E-state index in [-0.39, 0.29) is 5.91 Å². The van der Waals surface area contributed by atoms with Crippen LogP contribution in [0, 0.1) is 0 Å². The van der Waals surface area contributed by atoms with E-state index in [1.165, 1.54) is 0 Å². The molecule has 1 aromatic heterocycles. The number of rotatable bonds is 4. The van der Waals surface area contributed by atoms with Crippen LogP contribution in [0.15, 0.2) is 65.4 Å². The molecule has 6 heteroatoms. The van der Waals surface area contributed by atoms with Gasteiger partial charge < -0.3 is 15.3 Å². The zero-order chi connectivity index (χ0) is 19.5. The average molecular weight is 440 g/mol. The second kappa shape index (κ2) is 8.29. The number of nitrogens with zero attached hydrogens (tertiary/aromatic N) is 2. The molecule has 1 unspecified atom stereocenters. The van der Waals surface area contributed by atoms with Gasteiger partial charge in [0.15, 0.2) is 6.10 Å². The summed E-state index contributed by atoms with van der Waals surface area (Å²) in [6.07, 6.45) is 4.26. The molecule has 0 saturated carbocycles. The number of piperidine rings is 1. The van der Waals surface area contributed by atoms with Crippen molar-refractivity contribution < 1.29 is 9.90 Å². The number of benzene rings is 2. The standard InChI is InChI=1S/C22H22BrN3O2/c23-18-4-1-15(2-5-18)21(27)22(28)26-11-8-19(9-12-26)25-20-6-3-17-14-24-10-7-16(17)13-20/h1-7,10,13-14,19,21,25,27H,8-9,11-12H2.